The highest BCUT2D eigenvalue weighted by Gasteiger charge is 2.55. The number of imide groups is 1. The van der Waals surface area contributed by atoms with E-state index in [4.69, 9.17) is 4.74 Å². The third-order valence-corrected chi connectivity index (χ3v) is 5.22. The minimum atomic E-state index is -0.824. The molecule has 1 spiro atoms. The second kappa shape index (κ2) is 6.26. The number of hydrogen-bond acceptors (Lipinski definition) is 4. The molecule has 3 rings (SSSR count). The molecule has 1 heterocycles. The molecule has 0 radical (unpaired) electrons. The molecule has 2 atom stereocenters. The molecule has 1 aromatic rings. The van der Waals surface area contributed by atoms with Gasteiger partial charge >= 0.3 is 6.03 Å². The molecule has 1 aromatic carbocycles. The number of nitrogens with one attached hydrogen (secondary N) is 1. The quantitative estimate of drug-likeness (QED) is 0.679. The topological polar surface area (TPSA) is 75.7 Å². The molecule has 6 nitrogen and oxygen atoms in total. The number of amides is 3. The molecule has 2 aliphatic rings. The van der Waals surface area contributed by atoms with Gasteiger partial charge in [0.15, 0.2) is 5.78 Å². The smallest absolute Gasteiger partial charge is 0.325 e. The van der Waals surface area contributed by atoms with E-state index in [0.29, 0.717) is 17.7 Å². The summed E-state index contributed by atoms with van der Waals surface area (Å²) in [6.07, 6.45) is 3.53. The van der Waals surface area contributed by atoms with E-state index in [9.17, 15) is 14.4 Å². The normalized spacial score (nSPS) is 26.6. The standard InChI is InChI=1S/C18H22N2O4/c1-12-5-3-4-10-18(12)16(22)20(17(23)19-18)11-15(21)13-6-8-14(24-2)9-7-13/h6-9,12H,3-5,10-11H2,1-2H3,(H,19,23). The van der Waals surface area contributed by atoms with Crippen LogP contribution in [0.2, 0.25) is 0 Å². The highest BCUT2D eigenvalue weighted by atomic mass is 16.5. The third kappa shape index (κ3) is 2.66. The van der Waals surface area contributed by atoms with Crippen molar-refractivity contribution in [3.63, 3.8) is 0 Å². The van der Waals surface area contributed by atoms with Crippen LogP contribution in [0.15, 0.2) is 24.3 Å². The fraction of sp³-hybridized carbons (Fsp3) is 0.500. The Kier molecular flexibility index (Phi) is 4.30. The van der Waals surface area contributed by atoms with Crippen molar-refractivity contribution in [1.82, 2.24) is 10.2 Å². The molecular weight excluding hydrogens is 308 g/mol. The first-order chi connectivity index (χ1) is 11.5. The van der Waals surface area contributed by atoms with Gasteiger partial charge in [-0.25, -0.2) is 4.79 Å². The first-order valence-corrected chi connectivity index (χ1v) is 8.29. The van der Waals surface area contributed by atoms with E-state index in [1.807, 2.05) is 6.92 Å². The molecule has 2 unspecified atom stereocenters. The van der Waals surface area contributed by atoms with E-state index >= 15 is 0 Å². The van der Waals surface area contributed by atoms with Gasteiger partial charge in [0.25, 0.3) is 5.91 Å². The molecule has 1 aliphatic carbocycles. The Bertz CT molecular complexity index is 670. The SMILES string of the molecule is COc1ccc(C(=O)CN2C(=O)NC3(CCCCC3C)C2=O)cc1. The van der Waals surface area contributed by atoms with Crippen LogP contribution in [0.1, 0.15) is 43.0 Å². The summed E-state index contributed by atoms with van der Waals surface area (Å²) in [7, 11) is 1.55. The lowest BCUT2D eigenvalue weighted by atomic mass is 9.73. The number of ether oxygens (including phenoxy) is 1. The maximum Gasteiger partial charge on any atom is 0.325 e. The minimum Gasteiger partial charge on any atom is -0.497 e. The van der Waals surface area contributed by atoms with Gasteiger partial charge in [-0.2, -0.15) is 0 Å². The van der Waals surface area contributed by atoms with Gasteiger partial charge < -0.3 is 10.1 Å². The van der Waals surface area contributed by atoms with Gasteiger partial charge in [0.1, 0.15) is 11.3 Å². The van der Waals surface area contributed by atoms with Gasteiger partial charge in [0, 0.05) is 5.56 Å². The Morgan fingerprint density at radius 1 is 1.29 bits per heavy atom. The maximum atomic E-state index is 12.8. The van der Waals surface area contributed by atoms with Gasteiger partial charge in [-0.05, 0) is 43.0 Å². The Morgan fingerprint density at radius 2 is 2.00 bits per heavy atom. The number of urea groups is 1. The Labute approximate surface area is 141 Å². The molecule has 1 saturated heterocycles. The average molecular weight is 330 g/mol. The fourth-order valence-electron chi connectivity index (χ4n) is 3.65. The highest BCUT2D eigenvalue weighted by molar-refractivity contribution is 6.11. The van der Waals surface area contributed by atoms with Crippen molar-refractivity contribution < 1.29 is 19.1 Å². The number of rotatable bonds is 4. The molecule has 1 N–H and O–H groups in total. The zero-order valence-corrected chi connectivity index (χ0v) is 14.0. The number of ketones is 1. The number of methoxy groups -OCH3 is 1. The molecule has 0 bridgehead atoms. The van der Waals surface area contributed by atoms with E-state index in [1.54, 1.807) is 31.4 Å². The van der Waals surface area contributed by atoms with Gasteiger partial charge in [0.05, 0.1) is 13.7 Å². The number of carbonyl (C=O) groups is 3. The molecule has 128 valence electrons. The van der Waals surface area contributed by atoms with E-state index < -0.39 is 11.6 Å². The molecule has 6 heteroatoms. The van der Waals surface area contributed by atoms with Gasteiger partial charge in [-0.1, -0.05) is 19.8 Å². The lowest BCUT2D eigenvalue weighted by molar-refractivity contribution is -0.133. The lowest BCUT2D eigenvalue weighted by Gasteiger charge is -2.36. The van der Waals surface area contributed by atoms with Crippen LogP contribution in [0.3, 0.4) is 0 Å². The van der Waals surface area contributed by atoms with E-state index in [-0.39, 0.29) is 24.2 Å². The monoisotopic (exact) mass is 330 g/mol. The zero-order chi connectivity index (χ0) is 17.3. The van der Waals surface area contributed by atoms with Crippen LogP contribution >= 0.6 is 0 Å². The molecule has 3 amide bonds. The predicted octanol–water partition coefficient (Wildman–Crippen LogP) is 2.38. The van der Waals surface area contributed by atoms with Crippen LogP contribution < -0.4 is 10.1 Å². The Morgan fingerprint density at radius 3 is 2.62 bits per heavy atom. The Hall–Kier alpha value is -2.37. The highest BCUT2D eigenvalue weighted by Crippen LogP contribution is 2.38. The first kappa shape index (κ1) is 16.5. The summed E-state index contributed by atoms with van der Waals surface area (Å²) in [6, 6.07) is 6.18. The van der Waals surface area contributed by atoms with Crippen LogP contribution in [0.25, 0.3) is 0 Å². The number of benzene rings is 1. The van der Waals surface area contributed by atoms with E-state index in [0.717, 1.165) is 24.2 Å². The van der Waals surface area contributed by atoms with Crippen LogP contribution in [0.5, 0.6) is 5.75 Å². The van der Waals surface area contributed by atoms with Crippen LogP contribution in [0, 0.1) is 5.92 Å². The summed E-state index contributed by atoms with van der Waals surface area (Å²) in [5, 5.41) is 2.86. The maximum absolute atomic E-state index is 12.8. The van der Waals surface area contributed by atoms with E-state index in [1.165, 1.54) is 0 Å². The summed E-state index contributed by atoms with van der Waals surface area (Å²) in [5.41, 5.74) is -0.371. The summed E-state index contributed by atoms with van der Waals surface area (Å²) in [5.74, 6) is 0.212. The fourth-order valence-corrected chi connectivity index (χ4v) is 3.65. The van der Waals surface area contributed by atoms with Crippen molar-refractivity contribution in [3.05, 3.63) is 29.8 Å². The van der Waals surface area contributed by atoms with Crippen LogP contribution in [-0.4, -0.2) is 41.8 Å². The molecule has 2 fully saturated rings. The number of carbonyl (C=O) groups excluding carboxylic acids is 3. The molecule has 1 saturated carbocycles. The number of hydrogen-bond donors (Lipinski definition) is 1. The molecular formula is C18H22N2O4. The minimum absolute atomic E-state index is 0.0868. The summed E-state index contributed by atoms with van der Waals surface area (Å²) < 4.78 is 5.06. The average Bonchev–Trinajstić information content (AvgIpc) is 2.82. The number of Topliss-reactive ketones (excluding diaryl/α,β-unsaturated/α-hetero) is 1. The van der Waals surface area contributed by atoms with Crippen molar-refractivity contribution in [3.8, 4) is 5.75 Å². The van der Waals surface area contributed by atoms with Gasteiger partial charge in [0.2, 0.25) is 0 Å². The largest absolute Gasteiger partial charge is 0.497 e. The van der Waals surface area contributed by atoms with Gasteiger partial charge in [-0.3, -0.25) is 14.5 Å². The van der Waals surface area contributed by atoms with Crippen molar-refractivity contribution in [2.24, 2.45) is 5.92 Å². The lowest BCUT2D eigenvalue weighted by Crippen LogP contribution is -2.54. The second-order valence-electron chi connectivity index (χ2n) is 6.59. The summed E-state index contributed by atoms with van der Waals surface area (Å²) in [4.78, 5) is 38.6. The van der Waals surface area contributed by atoms with Gasteiger partial charge in [-0.15, -0.1) is 0 Å². The van der Waals surface area contributed by atoms with E-state index in [2.05, 4.69) is 5.32 Å². The number of nitrogens with zero attached hydrogens (tertiary/aromatic N) is 1. The molecule has 0 aromatic heterocycles. The van der Waals surface area contributed by atoms with Crippen molar-refractivity contribution in [2.45, 2.75) is 38.1 Å². The summed E-state index contributed by atoms with van der Waals surface area (Å²) >= 11 is 0. The Balaban J connectivity index is 1.76. The molecule has 1 aliphatic heterocycles. The second-order valence-corrected chi connectivity index (χ2v) is 6.59. The third-order valence-electron chi connectivity index (χ3n) is 5.22. The predicted molar refractivity (Wildman–Crippen MR) is 87.9 cm³/mol. The van der Waals surface area contributed by atoms with Crippen molar-refractivity contribution in [2.75, 3.05) is 13.7 Å². The van der Waals surface area contributed by atoms with Crippen LogP contribution in [-0.2, 0) is 4.79 Å². The first-order valence-electron chi connectivity index (χ1n) is 8.29. The van der Waals surface area contributed by atoms with Crippen molar-refractivity contribution >= 4 is 17.7 Å². The molecule has 24 heavy (non-hydrogen) atoms. The van der Waals surface area contributed by atoms with Crippen LogP contribution in [0.4, 0.5) is 4.79 Å². The zero-order valence-electron chi connectivity index (χ0n) is 14.0. The summed E-state index contributed by atoms with van der Waals surface area (Å²) in [6.45, 7) is 1.76. The van der Waals surface area contributed by atoms with Crippen molar-refractivity contribution in [1.29, 1.82) is 0 Å².